The largest absolute Gasteiger partial charge is 0.396 e. The van der Waals surface area contributed by atoms with Crippen molar-refractivity contribution >= 4 is 21.8 Å². The Labute approximate surface area is 113 Å². The van der Waals surface area contributed by atoms with Crippen LogP contribution in [0.3, 0.4) is 0 Å². The molecule has 19 heavy (non-hydrogen) atoms. The smallest absolute Gasteiger partial charge is 0.0521 e. The van der Waals surface area contributed by atoms with Crippen molar-refractivity contribution in [3.05, 3.63) is 47.5 Å². The van der Waals surface area contributed by atoms with Crippen molar-refractivity contribution in [3.63, 3.8) is 0 Å². The molecule has 0 radical (unpaired) electrons. The van der Waals surface area contributed by atoms with Crippen molar-refractivity contribution in [2.75, 3.05) is 6.61 Å². The van der Waals surface area contributed by atoms with Crippen LogP contribution >= 0.6 is 0 Å². The molecule has 0 amide bonds. The lowest BCUT2D eigenvalue weighted by Crippen LogP contribution is -2.00. The summed E-state index contributed by atoms with van der Waals surface area (Å²) in [7, 11) is 0. The van der Waals surface area contributed by atoms with Gasteiger partial charge in [0.2, 0.25) is 0 Å². The predicted molar refractivity (Wildman–Crippen MR) is 80.6 cm³/mol. The first-order valence-electron chi connectivity index (χ1n) is 6.81. The van der Waals surface area contributed by atoms with Gasteiger partial charge in [0, 0.05) is 29.4 Å². The fourth-order valence-electron chi connectivity index (χ4n) is 2.91. The lowest BCUT2D eigenvalue weighted by Gasteiger charge is -2.08. The third-order valence-electron chi connectivity index (χ3n) is 3.78. The molecule has 2 aromatic carbocycles. The average molecular weight is 253 g/mol. The Balaban J connectivity index is 2.40. The zero-order valence-electron chi connectivity index (χ0n) is 11.5. The fraction of sp³-hybridized carbons (Fsp3) is 0.294. The van der Waals surface area contributed by atoms with Crippen molar-refractivity contribution in [2.24, 2.45) is 0 Å². The van der Waals surface area contributed by atoms with Crippen molar-refractivity contribution < 1.29 is 5.11 Å². The molecule has 2 heteroatoms. The molecular weight excluding hydrogens is 234 g/mol. The van der Waals surface area contributed by atoms with Gasteiger partial charge in [-0.25, -0.2) is 0 Å². The maximum Gasteiger partial charge on any atom is 0.0521 e. The number of fused-ring (bicyclic) bond motifs is 3. The third kappa shape index (κ3) is 1.92. The number of aryl methyl sites for hydroxylation is 3. The molecule has 1 N–H and O–H groups in total. The molecule has 98 valence electrons. The molecule has 0 fully saturated rings. The van der Waals surface area contributed by atoms with Gasteiger partial charge in [-0.2, -0.15) is 0 Å². The van der Waals surface area contributed by atoms with Gasteiger partial charge in [-0.15, -0.1) is 0 Å². The second kappa shape index (κ2) is 4.71. The summed E-state index contributed by atoms with van der Waals surface area (Å²) in [6.45, 7) is 5.38. The topological polar surface area (TPSA) is 25.2 Å². The Morgan fingerprint density at radius 3 is 2.68 bits per heavy atom. The maximum absolute atomic E-state index is 9.12. The SMILES string of the molecule is Cc1ccc2c3cccc(C)c3n(CCCO)c2c1. The number of para-hydroxylation sites is 1. The van der Waals surface area contributed by atoms with Crippen LogP contribution in [-0.2, 0) is 6.54 Å². The van der Waals surface area contributed by atoms with E-state index in [0.717, 1.165) is 13.0 Å². The van der Waals surface area contributed by atoms with E-state index in [4.69, 9.17) is 5.11 Å². The van der Waals surface area contributed by atoms with Crippen LogP contribution < -0.4 is 0 Å². The van der Waals surface area contributed by atoms with E-state index in [-0.39, 0.29) is 6.61 Å². The molecule has 1 aromatic heterocycles. The summed E-state index contributed by atoms with van der Waals surface area (Å²) in [5, 5.41) is 11.7. The van der Waals surface area contributed by atoms with Crippen molar-refractivity contribution in [3.8, 4) is 0 Å². The molecule has 2 nitrogen and oxygen atoms in total. The van der Waals surface area contributed by atoms with Gasteiger partial charge in [0.15, 0.2) is 0 Å². The molecular formula is C17H19NO. The van der Waals surface area contributed by atoms with E-state index in [1.807, 2.05) is 0 Å². The van der Waals surface area contributed by atoms with Gasteiger partial charge in [-0.05, 0) is 37.5 Å². The Bertz CT molecular complexity index is 740. The van der Waals surface area contributed by atoms with Crippen LogP contribution in [0.2, 0.25) is 0 Å². The van der Waals surface area contributed by atoms with E-state index in [2.05, 4.69) is 54.8 Å². The van der Waals surface area contributed by atoms with E-state index in [9.17, 15) is 0 Å². The molecule has 0 unspecified atom stereocenters. The molecule has 1 heterocycles. The van der Waals surface area contributed by atoms with E-state index in [1.165, 1.54) is 32.9 Å². The van der Waals surface area contributed by atoms with Crippen LogP contribution in [0.5, 0.6) is 0 Å². The summed E-state index contributed by atoms with van der Waals surface area (Å²) in [4.78, 5) is 0. The number of aliphatic hydroxyl groups excluding tert-OH is 1. The quantitative estimate of drug-likeness (QED) is 0.754. The first kappa shape index (κ1) is 12.2. The summed E-state index contributed by atoms with van der Waals surface area (Å²) < 4.78 is 2.35. The number of aromatic nitrogens is 1. The van der Waals surface area contributed by atoms with Gasteiger partial charge in [0.25, 0.3) is 0 Å². The molecule has 0 aliphatic rings. The maximum atomic E-state index is 9.12. The van der Waals surface area contributed by atoms with E-state index < -0.39 is 0 Å². The minimum atomic E-state index is 0.235. The van der Waals surface area contributed by atoms with Crippen LogP contribution in [0, 0.1) is 13.8 Å². The normalized spacial score (nSPS) is 11.5. The minimum Gasteiger partial charge on any atom is -0.396 e. The number of nitrogens with zero attached hydrogens (tertiary/aromatic N) is 1. The summed E-state index contributed by atoms with van der Waals surface area (Å²) in [6.07, 6.45) is 0.793. The molecule has 3 aromatic rings. The Kier molecular flexibility index (Phi) is 3.03. The lowest BCUT2D eigenvalue weighted by atomic mass is 10.1. The predicted octanol–water partition coefficient (Wildman–Crippen LogP) is 3.79. The molecule has 0 bridgehead atoms. The summed E-state index contributed by atoms with van der Waals surface area (Å²) >= 11 is 0. The van der Waals surface area contributed by atoms with Crippen LogP contribution in [0.25, 0.3) is 21.8 Å². The molecule has 0 atom stereocenters. The van der Waals surface area contributed by atoms with Crippen LogP contribution in [-0.4, -0.2) is 16.3 Å². The monoisotopic (exact) mass is 253 g/mol. The van der Waals surface area contributed by atoms with Gasteiger partial charge in [0.1, 0.15) is 0 Å². The standard InChI is InChI=1S/C17H19NO/c1-12-7-8-14-15-6-3-5-13(2)17(15)18(9-4-10-19)16(14)11-12/h3,5-8,11,19H,4,9-10H2,1-2H3. The van der Waals surface area contributed by atoms with Gasteiger partial charge in [-0.3, -0.25) is 0 Å². The second-order valence-corrected chi connectivity index (χ2v) is 5.22. The molecule has 0 spiro atoms. The van der Waals surface area contributed by atoms with Crippen molar-refractivity contribution in [2.45, 2.75) is 26.8 Å². The first-order valence-corrected chi connectivity index (χ1v) is 6.81. The molecule has 0 aliphatic heterocycles. The van der Waals surface area contributed by atoms with Crippen molar-refractivity contribution in [1.29, 1.82) is 0 Å². The third-order valence-corrected chi connectivity index (χ3v) is 3.78. The Morgan fingerprint density at radius 2 is 1.89 bits per heavy atom. The molecule has 0 aliphatic carbocycles. The number of hydrogen-bond donors (Lipinski definition) is 1. The van der Waals surface area contributed by atoms with Crippen LogP contribution in [0.1, 0.15) is 17.5 Å². The summed E-state index contributed by atoms with van der Waals surface area (Å²) in [5.41, 5.74) is 5.15. The van der Waals surface area contributed by atoms with Crippen LogP contribution in [0.4, 0.5) is 0 Å². The number of rotatable bonds is 3. The summed E-state index contributed by atoms with van der Waals surface area (Å²) in [5.74, 6) is 0. The Morgan fingerprint density at radius 1 is 1.05 bits per heavy atom. The van der Waals surface area contributed by atoms with Gasteiger partial charge in [0.05, 0.1) is 5.52 Å². The van der Waals surface area contributed by atoms with Gasteiger partial charge < -0.3 is 9.67 Å². The number of hydrogen-bond acceptors (Lipinski definition) is 1. The average Bonchev–Trinajstić information content (AvgIpc) is 2.71. The summed E-state index contributed by atoms with van der Waals surface area (Å²) in [6, 6.07) is 13.1. The Hall–Kier alpha value is -1.80. The highest BCUT2D eigenvalue weighted by Gasteiger charge is 2.11. The molecule has 0 saturated heterocycles. The highest BCUT2D eigenvalue weighted by Crippen LogP contribution is 2.31. The zero-order chi connectivity index (χ0) is 13.4. The number of benzene rings is 2. The molecule has 3 rings (SSSR count). The second-order valence-electron chi connectivity index (χ2n) is 5.22. The van der Waals surface area contributed by atoms with Gasteiger partial charge in [-0.1, -0.05) is 30.3 Å². The highest BCUT2D eigenvalue weighted by atomic mass is 16.3. The number of aliphatic hydroxyl groups is 1. The van der Waals surface area contributed by atoms with E-state index in [1.54, 1.807) is 0 Å². The molecule has 0 saturated carbocycles. The highest BCUT2D eigenvalue weighted by molar-refractivity contribution is 6.09. The fourth-order valence-corrected chi connectivity index (χ4v) is 2.91. The lowest BCUT2D eigenvalue weighted by molar-refractivity contribution is 0.281. The van der Waals surface area contributed by atoms with Crippen LogP contribution in [0.15, 0.2) is 36.4 Å². The first-order chi connectivity index (χ1) is 9.22. The zero-order valence-corrected chi connectivity index (χ0v) is 11.5. The van der Waals surface area contributed by atoms with Crippen molar-refractivity contribution in [1.82, 2.24) is 4.57 Å². The van der Waals surface area contributed by atoms with E-state index >= 15 is 0 Å². The van der Waals surface area contributed by atoms with E-state index in [0.29, 0.717) is 0 Å². The minimum absolute atomic E-state index is 0.235. The van der Waals surface area contributed by atoms with Gasteiger partial charge >= 0.3 is 0 Å².